The molecule has 0 nitrogen and oxygen atoms in total. The Morgan fingerprint density at radius 3 is 2.43 bits per heavy atom. The molecule has 0 atom stereocenters. The van der Waals surface area contributed by atoms with E-state index in [-0.39, 0.29) is 0 Å². The fourth-order valence-electron chi connectivity index (χ4n) is 0.485. The average Bonchev–Trinajstić information content (AvgIpc) is 1.61. The van der Waals surface area contributed by atoms with E-state index in [1.165, 1.54) is 19.9 Å². The lowest BCUT2D eigenvalue weighted by molar-refractivity contribution is 1.08. The van der Waals surface area contributed by atoms with Crippen molar-refractivity contribution in [3.05, 3.63) is 0 Å². The maximum absolute atomic E-state index is 2.47. The van der Waals surface area contributed by atoms with Crippen LogP contribution in [-0.4, -0.2) is 11.6 Å². The molecule has 0 aliphatic carbocycles. The van der Waals surface area contributed by atoms with Gasteiger partial charge in [-0.25, -0.2) is 0 Å². The summed E-state index contributed by atoms with van der Waals surface area (Å²) >= 11 is 2.47. The van der Waals surface area contributed by atoms with E-state index >= 15 is 0 Å². The van der Waals surface area contributed by atoms with Crippen molar-refractivity contribution in [1.82, 2.24) is 0 Å². The Morgan fingerprint density at radius 2 is 2.29 bits per heavy atom. The Bertz CT molecular complexity index is 38.7. The average molecular weight is 208 g/mol. The molecule has 0 radical (unpaired) electrons. The molecule has 0 spiro atoms. The summed E-state index contributed by atoms with van der Waals surface area (Å²) in [6.45, 7) is 4.50. The number of hydrogen-bond acceptors (Lipinski definition) is 0. The van der Waals surface area contributed by atoms with Crippen LogP contribution in [0.3, 0.4) is 0 Å². The van der Waals surface area contributed by atoms with Crippen LogP contribution in [0, 0.1) is 0 Å². The van der Waals surface area contributed by atoms with Gasteiger partial charge in [0.05, 0.1) is 0 Å². The topological polar surface area (TPSA) is 0 Å². The molecule has 0 amide bonds. The zero-order chi connectivity index (χ0) is 5.70. The lowest BCUT2D eigenvalue weighted by Crippen LogP contribution is -2.07. The molecule has 0 aromatic carbocycles. The maximum Gasteiger partial charge on any atom is 0.178 e. The first-order valence-electron chi connectivity index (χ1n) is 2.91. The third-order valence-corrected chi connectivity index (χ3v) is 1.58. The normalized spacial score (nSPS) is 8.43. The first kappa shape index (κ1) is 7.86. The Balaban J connectivity index is 2.68. The van der Waals surface area contributed by atoms with E-state index in [1.807, 2.05) is 0 Å². The second-order valence-corrected chi connectivity index (χ2v) is 4.05. The summed E-state index contributed by atoms with van der Waals surface area (Å²) in [4.78, 5) is 0. The molecule has 0 rings (SSSR count). The molecule has 3 heteroatoms. The quantitative estimate of drug-likeness (QED) is 0.489. The smallest absolute Gasteiger partial charge is 0.161 e. The van der Waals surface area contributed by atoms with E-state index < -0.39 is 0 Å². The summed E-state index contributed by atoms with van der Waals surface area (Å²) in [7, 11) is 1.39. The van der Waals surface area contributed by atoms with E-state index in [4.69, 9.17) is 0 Å². The van der Waals surface area contributed by atoms with Crippen molar-refractivity contribution in [2.24, 2.45) is 0 Å². The molecule has 0 N–H and O–H groups in total. The van der Waals surface area contributed by atoms with Gasteiger partial charge in [0.1, 0.15) is 7.17 Å². The van der Waals surface area contributed by atoms with Gasteiger partial charge in [-0.2, -0.15) is 22.4 Å². The van der Waals surface area contributed by atoms with E-state index in [1.54, 1.807) is 0 Å². The van der Waals surface area contributed by atoms with E-state index in [0.717, 1.165) is 4.46 Å². The van der Waals surface area contributed by atoms with Crippen molar-refractivity contribution < 1.29 is 0 Å². The van der Waals surface area contributed by atoms with Gasteiger partial charge in [0.2, 0.25) is 0 Å². The Kier molecular flexibility index (Phi) is 5.62. The largest absolute Gasteiger partial charge is 0.178 e. The fourth-order valence-corrected chi connectivity index (χ4v) is 0.926. The maximum atomic E-state index is 2.47. The molecule has 0 bridgehead atoms. The van der Waals surface area contributed by atoms with Crippen LogP contribution in [0.25, 0.3) is 0 Å². The SMILES string of the molecule is CCCBB(C)I. The predicted octanol–water partition coefficient (Wildman–Crippen LogP) is 1.80. The van der Waals surface area contributed by atoms with Crippen LogP contribution in [0.5, 0.6) is 0 Å². The van der Waals surface area contributed by atoms with E-state index in [2.05, 4.69) is 36.1 Å². The van der Waals surface area contributed by atoms with Crippen LogP contribution < -0.4 is 0 Å². The Hall–Kier alpha value is 0.860. The van der Waals surface area contributed by atoms with Crippen molar-refractivity contribution in [3.63, 3.8) is 0 Å². The fraction of sp³-hybridized carbons (Fsp3) is 1.00. The second-order valence-electron chi connectivity index (χ2n) is 1.92. The van der Waals surface area contributed by atoms with Crippen molar-refractivity contribution in [2.75, 3.05) is 0 Å². The van der Waals surface area contributed by atoms with E-state index in [0.29, 0.717) is 0 Å². The van der Waals surface area contributed by atoms with Gasteiger partial charge in [0.25, 0.3) is 0 Å². The lowest BCUT2D eigenvalue weighted by atomic mass is 9.39. The minimum atomic E-state index is 0.873. The number of halogens is 1. The summed E-state index contributed by atoms with van der Waals surface area (Å²) in [5.41, 5.74) is 0. The van der Waals surface area contributed by atoms with Crippen molar-refractivity contribution in [3.8, 4) is 0 Å². The monoisotopic (exact) mass is 208 g/mol. The highest BCUT2D eigenvalue weighted by atomic mass is 127. The number of rotatable bonds is 3. The van der Waals surface area contributed by atoms with Gasteiger partial charge >= 0.3 is 0 Å². The van der Waals surface area contributed by atoms with Crippen molar-refractivity contribution in [2.45, 2.75) is 26.5 Å². The molecule has 0 fully saturated rings. The molecule has 0 saturated heterocycles. The third-order valence-electron chi connectivity index (χ3n) is 0.955. The Morgan fingerprint density at radius 1 is 1.71 bits per heavy atom. The Labute approximate surface area is 60.6 Å². The van der Waals surface area contributed by atoms with Gasteiger partial charge in [-0.15, -0.1) is 0 Å². The molecule has 0 heterocycles. The molecule has 0 saturated carbocycles. The lowest BCUT2D eigenvalue weighted by Gasteiger charge is -1.90. The molecule has 0 aromatic heterocycles. The zero-order valence-corrected chi connectivity index (χ0v) is 7.23. The van der Waals surface area contributed by atoms with Crippen LogP contribution in [-0.2, 0) is 0 Å². The van der Waals surface area contributed by atoms with Gasteiger partial charge in [0.15, 0.2) is 4.46 Å². The van der Waals surface area contributed by atoms with Crippen LogP contribution >= 0.6 is 22.4 Å². The highest BCUT2D eigenvalue weighted by molar-refractivity contribution is 14.1. The van der Waals surface area contributed by atoms with E-state index in [9.17, 15) is 0 Å². The minimum absolute atomic E-state index is 0.873. The van der Waals surface area contributed by atoms with Gasteiger partial charge in [-0.1, -0.05) is 26.5 Å². The van der Waals surface area contributed by atoms with Gasteiger partial charge in [-0.05, 0) is 0 Å². The van der Waals surface area contributed by atoms with Crippen LogP contribution in [0.1, 0.15) is 13.3 Å². The van der Waals surface area contributed by atoms with Crippen LogP contribution in [0.2, 0.25) is 13.1 Å². The van der Waals surface area contributed by atoms with Crippen LogP contribution in [0.15, 0.2) is 0 Å². The molecule has 40 valence electrons. The van der Waals surface area contributed by atoms with Crippen molar-refractivity contribution in [1.29, 1.82) is 0 Å². The third kappa shape index (κ3) is 6.86. The first-order chi connectivity index (χ1) is 3.27. The first-order valence-corrected chi connectivity index (χ1v) is 4.16. The second kappa shape index (κ2) is 5.01. The molecule has 0 aromatic rings. The summed E-state index contributed by atoms with van der Waals surface area (Å²) in [6, 6.07) is 0. The summed E-state index contributed by atoms with van der Waals surface area (Å²) < 4.78 is 0.873. The standard InChI is InChI=1S/C4H11B2I/c1-3-4-5-6(2)7/h5H,3-4H2,1-2H3. The predicted molar refractivity (Wildman–Crippen MR) is 47.9 cm³/mol. The molecular weight excluding hydrogens is 197 g/mol. The highest BCUT2D eigenvalue weighted by Crippen LogP contribution is 1.95. The highest BCUT2D eigenvalue weighted by Gasteiger charge is 1.98. The molecule has 0 unspecified atom stereocenters. The summed E-state index contributed by atoms with van der Waals surface area (Å²) in [5, 5.41) is 0. The molecule has 0 aliphatic rings. The van der Waals surface area contributed by atoms with Gasteiger partial charge in [0, 0.05) is 0 Å². The van der Waals surface area contributed by atoms with Gasteiger partial charge in [-0.3, -0.25) is 0 Å². The van der Waals surface area contributed by atoms with Crippen LogP contribution in [0.4, 0.5) is 0 Å². The zero-order valence-electron chi connectivity index (χ0n) is 5.08. The summed E-state index contributed by atoms with van der Waals surface area (Å²) in [6.07, 6.45) is 2.73. The summed E-state index contributed by atoms with van der Waals surface area (Å²) in [5.74, 6) is 0. The van der Waals surface area contributed by atoms with Crippen molar-refractivity contribution >= 4 is 34.0 Å². The van der Waals surface area contributed by atoms with Gasteiger partial charge < -0.3 is 0 Å². The molecular formula is C4H11B2I. The molecule has 0 aliphatic heterocycles. The number of hydrogen-bond donors (Lipinski definition) is 0. The minimum Gasteiger partial charge on any atom is -0.161 e. The molecule has 7 heavy (non-hydrogen) atoms.